The number of hydrogen-bond donors (Lipinski definition) is 2. The number of nitrogens with one attached hydrogen (secondary N) is 1. The summed E-state index contributed by atoms with van der Waals surface area (Å²) in [6.45, 7) is 2.05. The van der Waals surface area contributed by atoms with Gasteiger partial charge in [0.1, 0.15) is 0 Å². The van der Waals surface area contributed by atoms with Crippen LogP contribution < -0.4 is 5.73 Å². The highest BCUT2D eigenvalue weighted by Gasteiger charge is 2.05. The molecule has 1 atom stereocenters. The lowest BCUT2D eigenvalue weighted by atomic mass is 10.1. The molecule has 0 amide bonds. The Morgan fingerprint density at radius 2 is 2.31 bits per heavy atom. The minimum atomic E-state index is 0.0302. The molecule has 0 aliphatic rings. The summed E-state index contributed by atoms with van der Waals surface area (Å²) in [4.78, 5) is 12.6. The number of aromatic amines is 1. The minimum Gasteiger partial charge on any atom is -0.339 e. The maximum absolute atomic E-state index is 5.89. The number of rotatable bonds is 4. The summed E-state index contributed by atoms with van der Waals surface area (Å²) >= 11 is 1.55. The van der Waals surface area contributed by atoms with Gasteiger partial charge in [-0.2, -0.15) is 0 Å². The molecule has 2 aromatic rings. The van der Waals surface area contributed by atoms with Crippen LogP contribution in [0.3, 0.4) is 0 Å². The Kier molecular flexibility index (Phi) is 3.58. The maximum atomic E-state index is 5.89. The van der Waals surface area contributed by atoms with Crippen LogP contribution in [0.2, 0.25) is 0 Å². The Bertz CT molecular complexity index is 424. The van der Waals surface area contributed by atoms with E-state index in [0.717, 1.165) is 22.2 Å². The van der Waals surface area contributed by atoms with Crippen molar-refractivity contribution in [3.8, 4) is 0 Å². The average Bonchev–Trinajstić information content (AvgIpc) is 2.82. The van der Waals surface area contributed by atoms with E-state index in [1.54, 1.807) is 24.2 Å². The summed E-state index contributed by atoms with van der Waals surface area (Å²) in [6.07, 6.45) is 6.27. The van der Waals surface area contributed by atoms with Crippen molar-refractivity contribution in [2.24, 2.45) is 5.73 Å². The number of hydrogen-bond acceptors (Lipinski definition) is 4. The zero-order valence-electron chi connectivity index (χ0n) is 9.05. The van der Waals surface area contributed by atoms with Crippen LogP contribution in [-0.4, -0.2) is 15.0 Å². The van der Waals surface area contributed by atoms with E-state index in [9.17, 15) is 0 Å². The summed E-state index contributed by atoms with van der Waals surface area (Å²) in [6, 6.07) is 4.02. The molecule has 0 bridgehead atoms. The summed E-state index contributed by atoms with van der Waals surface area (Å²) < 4.78 is 0. The van der Waals surface area contributed by atoms with Crippen molar-refractivity contribution < 1.29 is 0 Å². The lowest BCUT2D eigenvalue weighted by Gasteiger charge is -2.07. The monoisotopic (exact) mass is 234 g/mol. The van der Waals surface area contributed by atoms with Gasteiger partial charge in [0.05, 0.1) is 5.69 Å². The Morgan fingerprint density at radius 1 is 1.44 bits per heavy atom. The lowest BCUT2D eigenvalue weighted by Crippen LogP contribution is -2.10. The van der Waals surface area contributed by atoms with Crippen molar-refractivity contribution in [3.05, 3.63) is 36.4 Å². The molecular weight excluding hydrogens is 220 g/mol. The first-order chi connectivity index (χ1) is 7.79. The Labute approximate surface area is 98.7 Å². The maximum Gasteiger partial charge on any atom is 0.170 e. The molecule has 0 radical (unpaired) electrons. The summed E-state index contributed by atoms with van der Waals surface area (Å²) in [5.41, 5.74) is 6.83. The minimum absolute atomic E-state index is 0.0302. The second-order valence-electron chi connectivity index (χ2n) is 3.43. The fraction of sp³-hybridized carbons (Fsp3) is 0.273. The van der Waals surface area contributed by atoms with Gasteiger partial charge in [0.15, 0.2) is 5.16 Å². The zero-order chi connectivity index (χ0) is 11.4. The van der Waals surface area contributed by atoms with Crippen LogP contribution in [0.1, 0.15) is 25.1 Å². The predicted molar refractivity (Wildman–Crippen MR) is 64.2 cm³/mol. The van der Waals surface area contributed by atoms with E-state index in [0.29, 0.717) is 0 Å². The largest absolute Gasteiger partial charge is 0.339 e. The third-order valence-electron chi connectivity index (χ3n) is 2.27. The van der Waals surface area contributed by atoms with Gasteiger partial charge < -0.3 is 10.7 Å². The Morgan fingerprint density at radius 3 is 2.88 bits per heavy atom. The SMILES string of the molecule is CC[C@@H](N)c1ccc(Sc2ncc[nH]2)cn1. The van der Waals surface area contributed by atoms with Gasteiger partial charge in [-0.05, 0) is 18.6 Å². The van der Waals surface area contributed by atoms with E-state index in [4.69, 9.17) is 5.73 Å². The second-order valence-corrected chi connectivity index (χ2v) is 4.49. The topological polar surface area (TPSA) is 67.6 Å². The highest BCUT2D eigenvalue weighted by atomic mass is 32.2. The highest BCUT2D eigenvalue weighted by molar-refractivity contribution is 7.99. The normalized spacial score (nSPS) is 12.6. The number of nitrogens with zero attached hydrogens (tertiary/aromatic N) is 2. The molecule has 84 valence electrons. The summed E-state index contributed by atoms with van der Waals surface area (Å²) in [7, 11) is 0. The first-order valence-electron chi connectivity index (χ1n) is 5.18. The van der Waals surface area contributed by atoms with Gasteiger partial charge in [0.2, 0.25) is 0 Å². The summed E-state index contributed by atoms with van der Waals surface area (Å²) in [5, 5.41) is 0.870. The van der Waals surface area contributed by atoms with Gasteiger partial charge in [0, 0.05) is 29.5 Å². The van der Waals surface area contributed by atoms with Crippen LogP contribution in [0.5, 0.6) is 0 Å². The zero-order valence-corrected chi connectivity index (χ0v) is 9.87. The van der Waals surface area contributed by atoms with Gasteiger partial charge in [-0.3, -0.25) is 4.98 Å². The highest BCUT2D eigenvalue weighted by Crippen LogP contribution is 2.24. The molecule has 0 aliphatic heterocycles. The number of H-pyrrole nitrogens is 1. The van der Waals surface area contributed by atoms with Crippen LogP contribution in [0.4, 0.5) is 0 Å². The Balaban J connectivity index is 2.07. The molecular formula is C11H14N4S. The molecule has 0 aliphatic carbocycles. The molecule has 0 spiro atoms. The predicted octanol–water partition coefficient (Wildman–Crippen LogP) is 2.37. The molecule has 3 N–H and O–H groups in total. The molecule has 2 aromatic heterocycles. The molecule has 5 heteroatoms. The number of aromatic nitrogens is 3. The number of nitrogens with two attached hydrogens (primary N) is 1. The summed E-state index contributed by atoms with van der Waals surface area (Å²) in [5.74, 6) is 0. The first-order valence-corrected chi connectivity index (χ1v) is 6.00. The third kappa shape index (κ3) is 2.62. The van der Waals surface area contributed by atoms with Crippen molar-refractivity contribution in [3.63, 3.8) is 0 Å². The number of imidazole rings is 1. The van der Waals surface area contributed by atoms with Crippen LogP contribution in [0, 0.1) is 0 Å². The van der Waals surface area contributed by atoms with Crippen LogP contribution in [0.15, 0.2) is 40.8 Å². The van der Waals surface area contributed by atoms with E-state index in [1.165, 1.54) is 0 Å². The van der Waals surface area contributed by atoms with E-state index < -0.39 is 0 Å². The first kappa shape index (κ1) is 11.2. The molecule has 0 unspecified atom stereocenters. The van der Waals surface area contributed by atoms with Crippen LogP contribution >= 0.6 is 11.8 Å². The fourth-order valence-electron chi connectivity index (χ4n) is 1.30. The molecule has 2 rings (SSSR count). The van der Waals surface area contributed by atoms with Crippen molar-refractivity contribution in [1.29, 1.82) is 0 Å². The van der Waals surface area contributed by atoms with E-state index in [1.807, 2.05) is 18.3 Å². The lowest BCUT2D eigenvalue weighted by molar-refractivity contribution is 0.674. The van der Waals surface area contributed by atoms with Crippen LogP contribution in [-0.2, 0) is 0 Å². The van der Waals surface area contributed by atoms with E-state index >= 15 is 0 Å². The van der Waals surface area contributed by atoms with Crippen LogP contribution in [0.25, 0.3) is 0 Å². The molecule has 0 saturated heterocycles. The van der Waals surface area contributed by atoms with Gasteiger partial charge in [-0.25, -0.2) is 4.98 Å². The third-order valence-corrected chi connectivity index (χ3v) is 3.16. The quantitative estimate of drug-likeness (QED) is 0.852. The van der Waals surface area contributed by atoms with Crippen molar-refractivity contribution in [2.75, 3.05) is 0 Å². The van der Waals surface area contributed by atoms with Crippen molar-refractivity contribution in [2.45, 2.75) is 29.4 Å². The molecule has 2 heterocycles. The molecule has 0 aromatic carbocycles. The Hall–Kier alpha value is -1.33. The molecule has 0 fully saturated rings. The second kappa shape index (κ2) is 5.14. The smallest absolute Gasteiger partial charge is 0.170 e. The van der Waals surface area contributed by atoms with Crippen molar-refractivity contribution >= 4 is 11.8 Å². The molecule has 16 heavy (non-hydrogen) atoms. The average molecular weight is 234 g/mol. The van der Waals surface area contributed by atoms with E-state index in [2.05, 4.69) is 21.9 Å². The molecule has 0 saturated carbocycles. The van der Waals surface area contributed by atoms with Gasteiger partial charge in [-0.15, -0.1) is 0 Å². The van der Waals surface area contributed by atoms with Crippen molar-refractivity contribution in [1.82, 2.24) is 15.0 Å². The van der Waals surface area contributed by atoms with E-state index in [-0.39, 0.29) is 6.04 Å². The fourth-order valence-corrected chi connectivity index (χ4v) is 2.00. The van der Waals surface area contributed by atoms with Gasteiger partial charge >= 0.3 is 0 Å². The molecule has 4 nitrogen and oxygen atoms in total. The standard InChI is InChI=1S/C11H14N4S/c1-2-9(12)10-4-3-8(7-15-10)16-11-13-5-6-14-11/h3-7,9H,2,12H2,1H3,(H,13,14)/t9-/m1/s1. The number of pyridine rings is 1. The van der Waals surface area contributed by atoms with Gasteiger partial charge in [0.25, 0.3) is 0 Å². The van der Waals surface area contributed by atoms with Gasteiger partial charge in [-0.1, -0.05) is 18.7 Å².